The van der Waals surface area contributed by atoms with Crippen LogP contribution in [0.1, 0.15) is 28.8 Å². The maximum atomic E-state index is 12.6. The molecule has 2 aromatic rings. The molecule has 2 atom stereocenters. The van der Waals surface area contributed by atoms with Crippen molar-refractivity contribution in [1.29, 1.82) is 5.26 Å². The lowest BCUT2D eigenvalue weighted by molar-refractivity contribution is 0.0125. The molecule has 0 radical (unpaired) electrons. The first kappa shape index (κ1) is 16.6. The second kappa shape index (κ2) is 6.77. The molecule has 1 amide bonds. The first-order valence-electron chi connectivity index (χ1n) is 8.77. The van der Waals surface area contributed by atoms with Crippen LogP contribution in [0.25, 0.3) is 0 Å². The maximum Gasteiger partial charge on any atom is 0.254 e. The fraction of sp³-hybridized carbons (Fsp3) is 0.350. The first-order valence-corrected chi connectivity index (χ1v) is 8.77. The average Bonchev–Trinajstić information content (AvgIpc) is 3.28. The summed E-state index contributed by atoms with van der Waals surface area (Å²) in [5.41, 5.74) is 1.96. The van der Waals surface area contributed by atoms with Gasteiger partial charge in [-0.1, -0.05) is 6.07 Å². The monoisotopic (exact) mass is 348 g/mol. The molecule has 2 saturated heterocycles. The minimum absolute atomic E-state index is 0.0333. The third-order valence-electron chi connectivity index (χ3n) is 5.10. The third kappa shape index (κ3) is 3.26. The number of carbonyl (C=O) groups is 1. The van der Waals surface area contributed by atoms with Crippen LogP contribution in [-0.2, 0) is 4.74 Å². The van der Waals surface area contributed by atoms with Gasteiger partial charge >= 0.3 is 0 Å². The molecule has 0 saturated carbocycles. The fourth-order valence-electron chi connectivity index (χ4n) is 3.83. The molecule has 0 unspecified atom stereocenters. The van der Waals surface area contributed by atoms with Crippen molar-refractivity contribution in [2.45, 2.75) is 24.5 Å². The largest absolute Gasteiger partial charge is 0.380 e. The second-order valence-corrected chi connectivity index (χ2v) is 6.94. The topological polar surface area (TPSA) is 78.2 Å². The van der Waals surface area contributed by atoms with E-state index in [4.69, 9.17) is 10.00 Å². The van der Waals surface area contributed by atoms with Crippen LogP contribution in [0.2, 0.25) is 0 Å². The summed E-state index contributed by atoms with van der Waals surface area (Å²) in [5.74, 6) is 0.0333. The van der Waals surface area contributed by atoms with E-state index in [2.05, 4.69) is 16.4 Å². The third-order valence-corrected chi connectivity index (χ3v) is 5.10. The summed E-state index contributed by atoms with van der Waals surface area (Å²) in [7, 11) is 0. The van der Waals surface area contributed by atoms with Crippen LogP contribution in [0.3, 0.4) is 0 Å². The van der Waals surface area contributed by atoms with E-state index in [0.717, 1.165) is 18.5 Å². The number of likely N-dealkylation sites (tertiary alicyclic amines) is 1. The molecule has 132 valence electrons. The van der Waals surface area contributed by atoms with Gasteiger partial charge in [-0.15, -0.1) is 0 Å². The van der Waals surface area contributed by atoms with Gasteiger partial charge in [0.2, 0.25) is 0 Å². The number of pyridine rings is 1. The van der Waals surface area contributed by atoms with Crippen LogP contribution in [0.15, 0.2) is 48.8 Å². The molecule has 1 aromatic heterocycles. The van der Waals surface area contributed by atoms with Crippen LogP contribution in [-0.4, -0.2) is 47.1 Å². The molecule has 1 N–H and O–H groups in total. The van der Waals surface area contributed by atoms with Crippen molar-refractivity contribution in [2.75, 3.05) is 25.0 Å². The van der Waals surface area contributed by atoms with Crippen molar-refractivity contribution in [3.8, 4) is 6.07 Å². The van der Waals surface area contributed by atoms with Gasteiger partial charge in [0.05, 0.1) is 36.4 Å². The van der Waals surface area contributed by atoms with Gasteiger partial charge in [-0.05, 0) is 36.8 Å². The number of anilines is 1. The zero-order valence-electron chi connectivity index (χ0n) is 14.4. The molecule has 1 spiro atoms. The van der Waals surface area contributed by atoms with Crippen LogP contribution in [0, 0.1) is 11.3 Å². The Morgan fingerprint density at radius 3 is 3.00 bits per heavy atom. The Bertz CT molecular complexity index is 848. The number of nitrogens with one attached hydrogen (secondary N) is 1. The lowest BCUT2D eigenvalue weighted by Crippen LogP contribution is -2.36. The number of aromatic nitrogens is 1. The van der Waals surface area contributed by atoms with Gasteiger partial charge < -0.3 is 15.0 Å². The molecule has 26 heavy (non-hydrogen) atoms. The van der Waals surface area contributed by atoms with Crippen LogP contribution in [0.4, 0.5) is 5.69 Å². The van der Waals surface area contributed by atoms with Gasteiger partial charge in [0.15, 0.2) is 0 Å². The summed E-state index contributed by atoms with van der Waals surface area (Å²) < 4.78 is 6.13. The highest BCUT2D eigenvalue weighted by Crippen LogP contribution is 2.36. The van der Waals surface area contributed by atoms with Crippen molar-refractivity contribution < 1.29 is 9.53 Å². The highest BCUT2D eigenvalue weighted by Gasteiger charge is 2.46. The Kier molecular flexibility index (Phi) is 4.31. The first-order chi connectivity index (χ1) is 12.7. The van der Waals surface area contributed by atoms with Crippen molar-refractivity contribution in [3.63, 3.8) is 0 Å². The predicted molar refractivity (Wildman–Crippen MR) is 96.6 cm³/mol. The lowest BCUT2D eigenvalue weighted by Gasteiger charge is -2.23. The molecule has 1 aromatic carbocycles. The van der Waals surface area contributed by atoms with E-state index in [1.165, 1.54) is 0 Å². The SMILES string of the molecule is N#Cc1cccc(N[C@H]2CO[C@@]3(CCN(C(=O)c4ccncc4)C3)C2)c1. The van der Waals surface area contributed by atoms with E-state index in [-0.39, 0.29) is 17.6 Å². The number of carbonyl (C=O) groups excluding carboxylic acids is 1. The van der Waals surface area contributed by atoms with Crippen molar-refractivity contribution >= 4 is 11.6 Å². The van der Waals surface area contributed by atoms with Crippen molar-refractivity contribution in [2.24, 2.45) is 0 Å². The highest BCUT2D eigenvalue weighted by molar-refractivity contribution is 5.94. The summed E-state index contributed by atoms with van der Waals surface area (Å²) in [5, 5.41) is 12.5. The zero-order valence-corrected chi connectivity index (χ0v) is 14.4. The number of hydrogen-bond acceptors (Lipinski definition) is 5. The minimum atomic E-state index is -0.271. The smallest absolute Gasteiger partial charge is 0.254 e. The maximum absolute atomic E-state index is 12.6. The van der Waals surface area contributed by atoms with Gasteiger partial charge in [-0.3, -0.25) is 9.78 Å². The fourth-order valence-corrected chi connectivity index (χ4v) is 3.83. The quantitative estimate of drug-likeness (QED) is 0.922. The number of benzene rings is 1. The highest BCUT2D eigenvalue weighted by atomic mass is 16.5. The molecule has 4 rings (SSSR count). The lowest BCUT2D eigenvalue weighted by atomic mass is 9.97. The Morgan fingerprint density at radius 1 is 1.35 bits per heavy atom. The van der Waals surface area contributed by atoms with Crippen molar-refractivity contribution in [1.82, 2.24) is 9.88 Å². The summed E-state index contributed by atoms with van der Waals surface area (Å²) >= 11 is 0. The molecule has 6 nitrogen and oxygen atoms in total. The predicted octanol–water partition coefficient (Wildman–Crippen LogP) is 2.44. The van der Waals surface area contributed by atoms with E-state index in [1.54, 1.807) is 30.6 Å². The molecule has 0 aliphatic carbocycles. The minimum Gasteiger partial charge on any atom is -0.380 e. The van der Waals surface area contributed by atoms with Crippen LogP contribution < -0.4 is 5.32 Å². The van der Waals surface area contributed by atoms with Gasteiger partial charge in [-0.25, -0.2) is 0 Å². The zero-order chi connectivity index (χ0) is 18.0. The summed E-state index contributed by atoms with van der Waals surface area (Å²) in [6.07, 6.45) is 4.98. The Morgan fingerprint density at radius 2 is 2.19 bits per heavy atom. The molecular formula is C20H20N4O2. The molecule has 6 heteroatoms. The Labute approximate surface area is 152 Å². The van der Waals surface area contributed by atoms with Crippen LogP contribution in [0.5, 0.6) is 0 Å². The van der Waals surface area contributed by atoms with Crippen molar-refractivity contribution in [3.05, 3.63) is 59.9 Å². The number of rotatable bonds is 3. The van der Waals surface area contributed by atoms with Gasteiger partial charge in [-0.2, -0.15) is 5.26 Å². The summed E-state index contributed by atoms with van der Waals surface area (Å²) in [6.45, 7) is 1.93. The Hall–Kier alpha value is -2.91. The van der Waals surface area contributed by atoms with Gasteiger partial charge in [0.25, 0.3) is 5.91 Å². The van der Waals surface area contributed by atoms with Gasteiger partial charge in [0.1, 0.15) is 0 Å². The standard InChI is InChI=1S/C20H20N4O2/c21-12-15-2-1-3-17(10-15)23-18-11-20(26-13-18)6-9-24(14-20)19(25)16-4-7-22-8-5-16/h1-5,7-8,10,18,23H,6,9,11,13-14H2/t18-,20+/m1/s1. The molecular weight excluding hydrogens is 328 g/mol. The number of ether oxygens (including phenoxy) is 1. The molecule has 2 aliphatic rings. The van der Waals surface area contributed by atoms with E-state index in [1.807, 2.05) is 23.1 Å². The second-order valence-electron chi connectivity index (χ2n) is 6.94. The molecule has 0 bridgehead atoms. The molecule has 2 fully saturated rings. The number of amides is 1. The van der Waals surface area contributed by atoms with E-state index in [0.29, 0.717) is 30.8 Å². The van der Waals surface area contributed by atoms with Gasteiger partial charge in [0, 0.05) is 36.6 Å². The number of hydrogen-bond donors (Lipinski definition) is 1. The van der Waals surface area contributed by atoms with Crippen LogP contribution >= 0.6 is 0 Å². The van der Waals surface area contributed by atoms with E-state index >= 15 is 0 Å². The van der Waals surface area contributed by atoms with E-state index < -0.39 is 0 Å². The summed E-state index contributed by atoms with van der Waals surface area (Å²) in [6, 6.07) is 13.3. The molecule has 3 heterocycles. The number of nitrogens with zero attached hydrogens (tertiary/aromatic N) is 3. The Balaban J connectivity index is 1.39. The van der Waals surface area contributed by atoms with E-state index in [9.17, 15) is 4.79 Å². The molecule has 2 aliphatic heterocycles. The number of nitriles is 1. The average molecular weight is 348 g/mol. The normalized spacial score (nSPS) is 24.6. The summed E-state index contributed by atoms with van der Waals surface area (Å²) in [4.78, 5) is 18.5.